The number of alkyl halides is 2. The fourth-order valence-corrected chi connectivity index (χ4v) is 2.60. The molecule has 1 heterocycles. The van der Waals surface area contributed by atoms with Gasteiger partial charge in [0.25, 0.3) is 11.7 Å². The smallest absolute Gasteiger partial charge is 0.288 e. The third-order valence-corrected chi connectivity index (χ3v) is 3.90. The molecule has 1 aromatic heterocycles. The van der Waals surface area contributed by atoms with Gasteiger partial charge in [0.2, 0.25) is 5.95 Å². The summed E-state index contributed by atoms with van der Waals surface area (Å²) in [7, 11) is 0. The predicted molar refractivity (Wildman–Crippen MR) is 92.4 cm³/mol. The molecule has 128 valence electrons. The van der Waals surface area contributed by atoms with Crippen LogP contribution in [-0.2, 0) is 0 Å². The second-order valence-corrected chi connectivity index (χ2v) is 5.93. The number of carbonyl (C=O) groups excluding carboxylic acids is 1. The number of amides is 1. The van der Waals surface area contributed by atoms with Gasteiger partial charge < -0.3 is 5.32 Å². The molecular weight excluding hydrogens is 348 g/mol. The van der Waals surface area contributed by atoms with E-state index in [1.807, 2.05) is 0 Å². The number of benzene rings is 2. The second-order valence-electron chi connectivity index (χ2n) is 4.86. The van der Waals surface area contributed by atoms with Crippen molar-refractivity contribution in [3.8, 4) is 0 Å². The van der Waals surface area contributed by atoms with E-state index in [0.717, 1.165) is 0 Å². The second kappa shape index (κ2) is 7.75. The maximum absolute atomic E-state index is 12.4. The van der Waals surface area contributed by atoms with Crippen LogP contribution in [0.1, 0.15) is 10.4 Å². The van der Waals surface area contributed by atoms with Crippen LogP contribution in [0.2, 0.25) is 0 Å². The summed E-state index contributed by atoms with van der Waals surface area (Å²) in [6.45, 7) is 0. The van der Waals surface area contributed by atoms with Crippen molar-refractivity contribution in [1.82, 2.24) is 15.2 Å². The lowest BCUT2D eigenvalue weighted by molar-refractivity contribution is 0.102. The van der Waals surface area contributed by atoms with E-state index in [1.165, 1.54) is 6.33 Å². The number of anilines is 3. The molecule has 0 unspecified atom stereocenters. The highest BCUT2D eigenvalue weighted by atomic mass is 32.2. The van der Waals surface area contributed by atoms with Crippen LogP contribution in [0.15, 0.2) is 59.8 Å². The first-order chi connectivity index (χ1) is 12.1. The first-order valence-corrected chi connectivity index (χ1v) is 8.07. The SMILES string of the molecule is O=C(Nc1ncn[nH]1)c1ccccc1Nc1ccc(SC(F)F)cc1. The van der Waals surface area contributed by atoms with Gasteiger partial charge in [-0.1, -0.05) is 23.9 Å². The molecule has 1 amide bonds. The normalized spacial score (nSPS) is 10.7. The molecule has 3 N–H and O–H groups in total. The van der Waals surface area contributed by atoms with E-state index in [1.54, 1.807) is 48.5 Å². The summed E-state index contributed by atoms with van der Waals surface area (Å²) >= 11 is 0.482. The largest absolute Gasteiger partial charge is 0.355 e. The number of nitrogens with one attached hydrogen (secondary N) is 3. The summed E-state index contributed by atoms with van der Waals surface area (Å²) in [5.41, 5.74) is 1.66. The number of rotatable bonds is 6. The third kappa shape index (κ3) is 4.54. The van der Waals surface area contributed by atoms with Gasteiger partial charge >= 0.3 is 0 Å². The van der Waals surface area contributed by atoms with Gasteiger partial charge in [0.15, 0.2) is 0 Å². The molecular formula is C16H13F2N5OS. The van der Waals surface area contributed by atoms with Gasteiger partial charge in [0.05, 0.1) is 11.3 Å². The Kier molecular flexibility index (Phi) is 5.24. The number of hydrogen-bond donors (Lipinski definition) is 3. The van der Waals surface area contributed by atoms with Gasteiger partial charge in [0.1, 0.15) is 6.33 Å². The molecule has 3 aromatic rings. The number of aromatic nitrogens is 3. The van der Waals surface area contributed by atoms with Gasteiger partial charge in [-0.15, -0.1) is 0 Å². The minimum atomic E-state index is -2.46. The molecule has 2 aromatic carbocycles. The van der Waals surface area contributed by atoms with Crippen LogP contribution in [0, 0.1) is 0 Å². The van der Waals surface area contributed by atoms with Crippen LogP contribution < -0.4 is 10.6 Å². The summed E-state index contributed by atoms with van der Waals surface area (Å²) in [5.74, 6) is -2.57. The summed E-state index contributed by atoms with van der Waals surface area (Å²) in [4.78, 5) is 16.7. The molecule has 6 nitrogen and oxygen atoms in total. The molecule has 25 heavy (non-hydrogen) atoms. The standard InChI is InChI=1S/C16H13F2N5OS/c17-15(18)25-11-7-5-10(6-8-11)21-13-4-2-1-3-12(13)14(24)22-16-19-9-20-23-16/h1-9,15,21H,(H2,19,20,22,23,24). The van der Waals surface area contributed by atoms with Gasteiger partial charge in [-0.05, 0) is 36.4 Å². The van der Waals surface area contributed by atoms with Crippen LogP contribution in [0.25, 0.3) is 0 Å². The zero-order chi connectivity index (χ0) is 17.6. The fourth-order valence-electron chi connectivity index (χ4n) is 2.11. The van der Waals surface area contributed by atoms with Crippen molar-refractivity contribution in [3.05, 3.63) is 60.4 Å². The summed E-state index contributed by atoms with van der Waals surface area (Å²) in [6.07, 6.45) is 1.29. The van der Waals surface area contributed by atoms with Crippen molar-refractivity contribution in [2.45, 2.75) is 10.7 Å². The maximum Gasteiger partial charge on any atom is 0.288 e. The number of aromatic amines is 1. The molecule has 0 aliphatic rings. The number of H-pyrrole nitrogens is 1. The lowest BCUT2D eigenvalue weighted by Gasteiger charge is -2.12. The van der Waals surface area contributed by atoms with Crippen LogP contribution in [0.5, 0.6) is 0 Å². The Balaban J connectivity index is 1.75. The minimum absolute atomic E-state index is 0.244. The zero-order valence-electron chi connectivity index (χ0n) is 12.7. The Bertz CT molecular complexity index is 840. The van der Waals surface area contributed by atoms with E-state index < -0.39 is 5.76 Å². The number of para-hydroxylation sites is 1. The molecule has 0 aliphatic heterocycles. The van der Waals surface area contributed by atoms with Crippen molar-refractivity contribution in [2.24, 2.45) is 0 Å². The first kappa shape index (κ1) is 16.9. The average Bonchev–Trinajstić information content (AvgIpc) is 3.09. The van der Waals surface area contributed by atoms with Crippen molar-refractivity contribution in [2.75, 3.05) is 10.6 Å². The molecule has 3 rings (SSSR count). The lowest BCUT2D eigenvalue weighted by Crippen LogP contribution is -2.14. The number of carbonyl (C=O) groups is 1. The first-order valence-electron chi connectivity index (χ1n) is 7.19. The van der Waals surface area contributed by atoms with E-state index in [-0.39, 0.29) is 11.9 Å². The topological polar surface area (TPSA) is 82.7 Å². The number of thioether (sulfide) groups is 1. The van der Waals surface area contributed by atoms with Gasteiger partial charge in [-0.2, -0.15) is 18.9 Å². The Hall–Kier alpha value is -2.94. The highest BCUT2D eigenvalue weighted by Crippen LogP contribution is 2.28. The van der Waals surface area contributed by atoms with Crippen LogP contribution in [-0.4, -0.2) is 26.8 Å². The van der Waals surface area contributed by atoms with Crippen molar-refractivity contribution in [1.29, 1.82) is 0 Å². The van der Waals surface area contributed by atoms with Crippen LogP contribution in [0.3, 0.4) is 0 Å². The monoisotopic (exact) mass is 361 g/mol. The van der Waals surface area contributed by atoms with Crippen LogP contribution in [0.4, 0.5) is 26.1 Å². The van der Waals surface area contributed by atoms with Crippen molar-refractivity contribution >= 4 is 35.0 Å². The molecule has 0 bridgehead atoms. The summed E-state index contributed by atoms with van der Waals surface area (Å²) in [6, 6.07) is 13.5. The highest BCUT2D eigenvalue weighted by Gasteiger charge is 2.13. The van der Waals surface area contributed by atoms with Gasteiger partial charge in [-0.25, -0.2) is 5.10 Å². The van der Waals surface area contributed by atoms with E-state index in [4.69, 9.17) is 0 Å². The summed E-state index contributed by atoms with van der Waals surface area (Å²) < 4.78 is 24.7. The van der Waals surface area contributed by atoms with Crippen molar-refractivity contribution < 1.29 is 13.6 Å². The Labute approximate surface area is 146 Å². The molecule has 9 heteroatoms. The molecule has 0 aliphatic carbocycles. The van der Waals surface area contributed by atoms with E-state index >= 15 is 0 Å². The van der Waals surface area contributed by atoms with Crippen molar-refractivity contribution in [3.63, 3.8) is 0 Å². The van der Waals surface area contributed by atoms with E-state index in [2.05, 4.69) is 25.8 Å². The fraction of sp³-hybridized carbons (Fsp3) is 0.0625. The number of halogens is 2. The maximum atomic E-state index is 12.4. The lowest BCUT2D eigenvalue weighted by atomic mass is 10.1. The van der Waals surface area contributed by atoms with Crippen LogP contribution >= 0.6 is 11.8 Å². The Morgan fingerprint density at radius 1 is 1.12 bits per heavy atom. The summed E-state index contributed by atoms with van der Waals surface area (Å²) in [5, 5.41) is 11.9. The number of hydrogen-bond acceptors (Lipinski definition) is 5. The quantitative estimate of drug-likeness (QED) is 0.576. The Morgan fingerprint density at radius 2 is 1.88 bits per heavy atom. The molecule has 0 saturated carbocycles. The zero-order valence-corrected chi connectivity index (χ0v) is 13.6. The predicted octanol–water partition coefficient (Wildman–Crippen LogP) is 4.12. The number of nitrogens with zero attached hydrogens (tertiary/aromatic N) is 2. The molecule has 0 saturated heterocycles. The van der Waals surface area contributed by atoms with Gasteiger partial charge in [0, 0.05) is 10.6 Å². The van der Waals surface area contributed by atoms with E-state index in [9.17, 15) is 13.6 Å². The highest BCUT2D eigenvalue weighted by molar-refractivity contribution is 7.99. The van der Waals surface area contributed by atoms with E-state index in [0.29, 0.717) is 33.6 Å². The molecule has 0 atom stereocenters. The Morgan fingerprint density at radius 3 is 2.56 bits per heavy atom. The molecule has 0 fully saturated rings. The minimum Gasteiger partial charge on any atom is -0.355 e. The third-order valence-electron chi connectivity index (χ3n) is 3.18. The molecule has 0 spiro atoms. The molecule has 0 radical (unpaired) electrons. The average molecular weight is 361 g/mol. The van der Waals surface area contributed by atoms with Gasteiger partial charge in [-0.3, -0.25) is 10.1 Å².